The number of azo groups is 1. The smallest absolute Gasteiger partial charge is 0.169 e. The van der Waals surface area contributed by atoms with Crippen LogP contribution in [0.25, 0.3) is 0 Å². The second-order valence-corrected chi connectivity index (χ2v) is 2.07. The molecule has 0 amide bonds. The van der Waals surface area contributed by atoms with Gasteiger partial charge in [0.05, 0.1) is 6.20 Å². The molecule has 0 bridgehead atoms. The minimum atomic E-state index is -0.176. The summed E-state index contributed by atoms with van der Waals surface area (Å²) in [7, 11) is 0. The molecule has 0 aliphatic carbocycles. The number of hydrogen-bond acceptors (Lipinski definition) is 4. The SMILES string of the molecule is Cl.NC1N=NC=CS1. The summed E-state index contributed by atoms with van der Waals surface area (Å²) >= 11 is 1.45. The number of nitrogens with two attached hydrogens (primary N) is 1. The normalized spacial score (nSPS) is 24.9. The van der Waals surface area contributed by atoms with Crippen LogP contribution < -0.4 is 5.73 Å². The highest BCUT2D eigenvalue weighted by molar-refractivity contribution is 8.02. The third kappa shape index (κ3) is 2.30. The van der Waals surface area contributed by atoms with Gasteiger partial charge < -0.3 is 0 Å². The lowest BCUT2D eigenvalue weighted by Crippen LogP contribution is -2.10. The third-order valence-electron chi connectivity index (χ3n) is 0.526. The molecule has 46 valence electrons. The maximum atomic E-state index is 5.29. The topological polar surface area (TPSA) is 50.7 Å². The molecule has 1 unspecified atom stereocenters. The highest BCUT2D eigenvalue weighted by Crippen LogP contribution is 2.12. The van der Waals surface area contributed by atoms with E-state index in [1.807, 2.05) is 5.41 Å². The van der Waals surface area contributed by atoms with Crippen LogP contribution in [0, 0.1) is 0 Å². The van der Waals surface area contributed by atoms with Crippen LogP contribution in [-0.2, 0) is 0 Å². The standard InChI is InChI=1S/C3H5N3S.ClH/c4-3-6-5-1-2-7-3;/h1-3H,4H2;1H. The Bertz CT molecular complexity index is 113. The van der Waals surface area contributed by atoms with Gasteiger partial charge in [-0.3, -0.25) is 5.73 Å². The van der Waals surface area contributed by atoms with E-state index in [1.165, 1.54) is 11.8 Å². The monoisotopic (exact) mass is 151 g/mol. The molecule has 5 heteroatoms. The molecule has 0 aromatic carbocycles. The van der Waals surface area contributed by atoms with Crippen molar-refractivity contribution in [1.82, 2.24) is 0 Å². The largest absolute Gasteiger partial charge is 0.299 e. The zero-order chi connectivity index (χ0) is 5.11. The molecule has 0 aromatic heterocycles. The Morgan fingerprint density at radius 2 is 2.38 bits per heavy atom. The summed E-state index contributed by atoms with van der Waals surface area (Å²) in [5, 5.41) is 8.98. The van der Waals surface area contributed by atoms with Crippen molar-refractivity contribution in [2.24, 2.45) is 16.0 Å². The highest BCUT2D eigenvalue weighted by atomic mass is 35.5. The molecule has 2 N–H and O–H groups in total. The quantitative estimate of drug-likeness (QED) is 0.568. The second kappa shape index (κ2) is 3.88. The molecule has 8 heavy (non-hydrogen) atoms. The van der Waals surface area contributed by atoms with Crippen molar-refractivity contribution in [3.8, 4) is 0 Å². The first-order valence-corrected chi connectivity index (χ1v) is 2.80. The van der Waals surface area contributed by atoms with Gasteiger partial charge in [0.1, 0.15) is 0 Å². The summed E-state index contributed by atoms with van der Waals surface area (Å²) in [6, 6.07) is 0. The van der Waals surface area contributed by atoms with Crippen molar-refractivity contribution in [3.63, 3.8) is 0 Å². The maximum Gasteiger partial charge on any atom is 0.169 e. The van der Waals surface area contributed by atoms with Crippen LogP contribution in [0.1, 0.15) is 0 Å². The van der Waals surface area contributed by atoms with E-state index in [-0.39, 0.29) is 17.9 Å². The Morgan fingerprint density at radius 3 is 2.62 bits per heavy atom. The van der Waals surface area contributed by atoms with Crippen molar-refractivity contribution >= 4 is 24.2 Å². The van der Waals surface area contributed by atoms with E-state index >= 15 is 0 Å². The number of rotatable bonds is 0. The number of hydrogen-bond donors (Lipinski definition) is 1. The molecule has 1 atom stereocenters. The van der Waals surface area contributed by atoms with E-state index in [2.05, 4.69) is 10.2 Å². The molecular weight excluding hydrogens is 146 g/mol. The summed E-state index contributed by atoms with van der Waals surface area (Å²) in [6.07, 6.45) is 1.62. The average Bonchev–Trinajstić information content (AvgIpc) is 1.69. The number of thioether (sulfide) groups is 1. The van der Waals surface area contributed by atoms with E-state index in [1.54, 1.807) is 6.20 Å². The zero-order valence-corrected chi connectivity index (χ0v) is 5.65. The summed E-state index contributed by atoms with van der Waals surface area (Å²) in [6.45, 7) is 0. The van der Waals surface area contributed by atoms with Gasteiger partial charge in [-0.05, 0) is 5.41 Å². The van der Waals surface area contributed by atoms with Gasteiger partial charge in [0, 0.05) is 0 Å². The van der Waals surface area contributed by atoms with Crippen molar-refractivity contribution < 1.29 is 0 Å². The number of nitrogens with zero attached hydrogens (tertiary/aromatic N) is 2. The zero-order valence-electron chi connectivity index (χ0n) is 4.02. The average molecular weight is 152 g/mol. The lowest BCUT2D eigenvalue weighted by Gasteiger charge is -2.00. The van der Waals surface area contributed by atoms with Gasteiger partial charge in [-0.15, -0.1) is 12.4 Å². The van der Waals surface area contributed by atoms with Crippen LogP contribution in [0.4, 0.5) is 0 Å². The van der Waals surface area contributed by atoms with Gasteiger partial charge in [0.15, 0.2) is 5.50 Å². The summed E-state index contributed by atoms with van der Waals surface area (Å²) in [5.74, 6) is 0. The van der Waals surface area contributed by atoms with Gasteiger partial charge in [-0.2, -0.15) is 10.2 Å². The molecule has 3 nitrogen and oxygen atoms in total. The molecule has 0 saturated carbocycles. The van der Waals surface area contributed by atoms with Crippen molar-refractivity contribution in [2.75, 3.05) is 0 Å². The third-order valence-corrected chi connectivity index (χ3v) is 1.18. The van der Waals surface area contributed by atoms with Crippen molar-refractivity contribution in [2.45, 2.75) is 5.50 Å². The van der Waals surface area contributed by atoms with Crippen molar-refractivity contribution in [1.29, 1.82) is 0 Å². The Kier molecular flexibility index (Phi) is 3.85. The Hall–Kier alpha value is -0.0600. The van der Waals surface area contributed by atoms with Crippen LogP contribution in [-0.4, -0.2) is 5.50 Å². The van der Waals surface area contributed by atoms with Crippen LogP contribution in [0.3, 0.4) is 0 Å². The first kappa shape index (κ1) is 7.94. The second-order valence-electron chi connectivity index (χ2n) is 1.04. The van der Waals surface area contributed by atoms with Gasteiger partial charge in [-0.1, -0.05) is 11.8 Å². The molecule has 1 aliphatic rings. The van der Waals surface area contributed by atoms with Crippen LogP contribution >= 0.6 is 24.2 Å². The van der Waals surface area contributed by atoms with E-state index in [9.17, 15) is 0 Å². The molecule has 1 rings (SSSR count). The van der Waals surface area contributed by atoms with Gasteiger partial charge in [-0.25, -0.2) is 0 Å². The molecule has 0 saturated heterocycles. The fraction of sp³-hybridized carbons (Fsp3) is 0.333. The molecule has 1 heterocycles. The predicted molar refractivity (Wildman–Crippen MR) is 36.8 cm³/mol. The first-order chi connectivity index (χ1) is 3.39. The van der Waals surface area contributed by atoms with Gasteiger partial charge in [0.2, 0.25) is 0 Å². The summed E-state index contributed by atoms with van der Waals surface area (Å²) in [4.78, 5) is 0. The van der Waals surface area contributed by atoms with E-state index in [4.69, 9.17) is 5.73 Å². The summed E-state index contributed by atoms with van der Waals surface area (Å²) in [5.41, 5.74) is 5.11. The molecule has 0 spiro atoms. The Morgan fingerprint density at radius 1 is 1.62 bits per heavy atom. The van der Waals surface area contributed by atoms with Crippen LogP contribution in [0.15, 0.2) is 21.8 Å². The highest BCUT2D eigenvalue weighted by Gasteiger charge is 1.96. The van der Waals surface area contributed by atoms with E-state index in [0.29, 0.717) is 0 Å². The first-order valence-electron chi connectivity index (χ1n) is 1.85. The molecule has 0 radical (unpaired) electrons. The molecule has 0 aromatic rings. The van der Waals surface area contributed by atoms with E-state index in [0.717, 1.165) is 0 Å². The predicted octanol–water partition coefficient (Wildman–Crippen LogP) is 1.32. The fourth-order valence-electron chi connectivity index (χ4n) is 0.274. The minimum Gasteiger partial charge on any atom is -0.299 e. The Balaban J connectivity index is 0.000000490. The summed E-state index contributed by atoms with van der Waals surface area (Å²) < 4.78 is 0. The lowest BCUT2D eigenvalue weighted by molar-refractivity contribution is 0.897. The molecule has 1 aliphatic heterocycles. The van der Waals surface area contributed by atoms with E-state index < -0.39 is 0 Å². The molecule has 0 fully saturated rings. The lowest BCUT2D eigenvalue weighted by atomic mass is 11.0. The molecular formula is C3H6ClN3S. The van der Waals surface area contributed by atoms with Crippen molar-refractivity contribution in [3.05, 3.63) is 11.6 Å². The van der Waals surface area contributed by atoms with Gasteiger partial charge >= 0.3 is 0 Å². The van der Waals surface area contributed by atoms with Crippen LogP contribution in [0.5, 0.6) is 0 Å². The minimum absolute atomic E-state index is 0. The Labute approximate surface area is 57.8 Å². The van der Waals surface area contributed by atoms with Gasteiger partial charge in [0.25, 0.3) is 0 Å². The number of halogens is 1. The van der Waals surface area contributed by atoms with Crippen LogP contribution in [0.2, 0.25) is 0 Å². The fourth-order valence-corrected chi connectivity index (χ4v) is 0.669. The maximum absolute atomic E-state index is 5.29.